The molecule has 114 valence electrons. The van der Waals surface area contributed by atoms with Gasteiger partial charge in [0, 0.05) is 4.90 Å². The lowest BCUT2D eigenvalue weighted by Crippen LogP contribution is -1.93. The van der Waals surface area contributed by atoms with Crippen molar-refractivity contribution in [2.24, 2.45) is 0 Å². The Hall–Kier alpha value is -2.36. The van der Waals surface area contributed by atoms with Crippen LogP contribution < -0.4 is 0 Å². The van der Waals surface area contributed by atoms with Crippen LogP contribution in [-0.4, -0.2) is 15.8 Å². The fourth-order valence-corrected chi connectivity index (χ4v) is 3.79. The van der Waals surface area contributed by atoms with Crippen molar-refractivity contribution in [2.75, 3.05) is 5.75 Å². The number of nitriles is 1. The number of benzene rings is 2. The van der Waals surface area contributed by atoms with Gasteiger partial charge in [-0.15, -0.1) is 23.1 Å². The summed E-state index contributed by atoms with van der Waals surface area (Å²) in [5.74, 6) is -0.330. The van der Waals surface area contributed by atoms with Crippen LogP contribution in [0.3, 0.4) is 0 Å². The van der Waals surface area contributed by atoms with Gasteiger partial charge in [-0.3, -0.25) is 0 Å². The van der Waals surface area contributed by atoms with Crippen LogP contribution in [0, 0.1) is 17.1 Å². The highest BCUT2D eigenvalue weighted by molar-refractivity contribution is 7.99. The number of nitrogens with zero attached hydrogens (tertiary/aromatic N) is 2. The molecule has 6 heteroatoms. The molecule has 0 aliphatic heterocycles. The average molecular weight is 342 g/mol. The molecule has 1 N–H and O–H groups in total. The Morgan fingerprint density at radius 3 is 2.70 bits per heavy atom. The predicted molar refractivity (Wildman–Crippen MR) is 91.9 cm³/mol. The largest absolute Gasteiger partial charge is 0.510 e. The second-order valence-electron chi connectivity index (χ2n) is 4.64. The summed E-state index contributed by atoms with van der Waals surface area (Å²) in [7, 11) is 0. The van der Waals surface area contributed by atoms with Crippen molar-refractivity contribution < 1.29 is 9.50 Å². The van der Waals surface area contributed by atoms with E-state index in [1.165, 1.54) is 17.4 Å². The van der Waals surface area contributed by atoms with Gasteiger partial charge in [0.2, 0.25) is 0 Å². The van der Waals surface area contributed by atoms with Crippen LogP contribution in [0.2, 0.25) is 0 Å². The van der Waals surface area contributed by atoms with Crippen LogP contribution in [-0.2, 0) is 0 Å². The number of hydrogen-bond donors (Lipinski definition) is 1. The predicted octanol–water partition coefficient (Wildman–Crippen LogP) is 5.02. The molecule has 2 aromatic carbocycles. The number of thioether (sulfide) groups is 1. The lowest BCUT2D eigenvalue weighted by Gasteiger charge is -2.03. The summed E-state index contributed by atoms with van der Waals surface area (Å²) in [5.41, 5.74) is 0.921. The molecule has 1 aromatic heterocycles. The van der Waals surface area contributed by atoms with Gasteiger partial charge in [0.25, 0.3) is 0 Å². The number of aliphatic hydroxyl groups excluding tert-OH is 1. The number of allylic oxidation sites excluding steroid dienone is 1. The zero-order valence-corrected chi connectivity index (χ0v) is 13.5. The first kappa shape index (κ1) is 15.5. The van der Waals surface area contributed by atoms with E-state index in [1.807, 2.05) is 30.3 Å². The molecular formula is C17H11FN2OS2. The Kier molecular flexibility index (Phi) is 4.60. The minimum Gasteiger partial charge on any atom is -0.510 e. The summed E-state index contributed by atoms with van der Waals surface area (Å²) in [6, 6.07) is 15.9. The zero-order valence-electron chi connectivity index (χ0n) is 11.9. The smallest absolute Gasteiger partial charge is 0.138 e. The van der Waals surface area contributed by atoms with E-state index in [1.54, 1.807) is 18.2 Å². The number of rotatable bonds is 4. The summed E-state index contributed by atoms with van der Waals surface area (Å²) in [6.07, 6.45) is 0. The van der Waals surface area contributed by atoms with Gasteiger partial charge in [-0.1, -0.05) is 24.3 Å². The fraction of sp³-hybridized carbons (Fsp3) is 0.0588. The monoisotopic (exact) mass is 342 g/mol. The van der Waals surface area contributed by atoms with Crippen molar-refractivity contribution in [3.63, 3.8) is 0 Å². The maximum Gasteiger partial charge on any atom is 0.138 e. The minimum absolute atomic E-state index is 0.0974. The molecule has 3 aromatic rings. The van der Waals surface area contributed by atoms with Crippen LogP contribution in [0.25, 0.3) is 15.8 Å². The molecule has 0 unspecified atom stereocenters. The SMILES string of the molecule is N#C/C(=C(\O)CSc1ccccc1F)c1nc2ccccc2s1. The van der Waals surface area contributed by atoms with Crippen LogP contribution in [0.15, 0.2) is 59.2 Å². The maximum atomic E-state index is 13.6. The van der Waals surface area contributed by atoms with E-state index in [-0.39, 0.29) is 22.9 Å². The lowest BCUT2D eigenvalue weighted by atomic mass is 10.2. The normalized spacial score (nSPS) is 12.0. The number of halogens is 1. The first-order valence-corrected chi connectivity index (χ1v) is 8.54. The second kappa shape index (κ2) is 6.82. The number of fused-ring (bicyclic) bond motifs is 1. The topological polar surface area (TPSA) is 56.9 Å². The molecule has 23 heavy (non-hydrogen) atoms. The third-order valence-corrected chi connectivity index (χ3v) is 5.22. The molecule has 0 aliphatic carbocycles. The highest BCUT2D eigenvalue weighted by atomic mass is 32.2. The third kappa shape index (κ3) is 3.36. The molecule has 0 bridgehead atoms. The number of thiazole rings is 1. The number of aromatic nitrogens is 1. The Bertz CT molecular complexity index is 894. The van der Waals surface area contributed by atoms with Gasteiger partial charge in [0.1, 0.15) is 28.2 Å². The molecule has 0 spiro atoms. The Morgan fingerprint density at radius 1 is 1.22 bits per heavy atom. The quantitative estimate of drug-likeness (QED) is 0.411. The number of hydrogen-bond acceptors (Lipinski definition) is 5. The first-order chi connectivity index (χ1) is 11.2. The van der Waals surface area contributed by atoms with Crippen molar-refractivity contribution in [3.05, 3.63) is 65.1 Å². The van der Waals surface area contributed by atoms with E-state index >= 15 is 0 Å². The van der Waals surface area contributed by atoms with Gasteiger partial charge in [0.05, 0.1) is 16.0 Å². The number of aliphatic hydroxyl groups is 1. The summed E-state index contributed by atoms with van der Waals surface area (Å²) < 4.78 is 14.5. The third-order valence-electron chi connectivity index (χ3n) is 3.11. The minimum atomic E-state index is -0.344. The zero-order chi connectivity index (χ0) is 16.2. The standard InChI is InChI=1S/C17H11FN2OS2/c18-12-5-1-3-7-15(12)22-10-14(21)11(9-19)17-20-13-6-2-4-8-16(13)23-17/h1-8,21H,10H2/b14-11+. The molecule has 1 heterocycles. The molecule has 3 nitrogen and oxygen atoms in total. The van der Waals surface area contributed by atoms with Crippen LogP contribution in [0.4, 0.5) is 4.39 Å². The maximum absolute atomic E-state index is 13.6. The van der Waals surface area contributed by atoms with Gasteiger partial charge < -0.3 is 5.11 Å². The van der Waals surface area contributed by atoms with Crippen LogP contribution >= 0.6 is 23.1 Å². The highest BCUT2D eigenvalue weighted by Crippen LogP contribution is 2.30. The Balaban J connectivity index is 1.87. The van der Waals surface area contributed by atoms with E-state index < -0.39 is 0 Å². The molecule has 0 radical (unpaired) electrons. The van der Waals surface area contributed by atoms with E-state index in [0.717, 1.165) is 22.0 Å². The van der Waals surface area contributed by atoms with Crippen LogP contribution in [0.5, 0.6) is 0 Å². The first-order valence-electron chi connectivity index (χ1n) is 6.74. The Labute approximate surface area is 140 Å². The van der Waals surface area contributed by atoms with Crippen molar-refractivity contribution in [1.82, 2.24) is 4.98 Å². The molecular weight excluding hydrogens is 331 g/mol. The summed E-state index contributed by atoms with van der Waals surface area (Å²) in [5, 5.41) is 20.0. The van der Waals surface area contributed by atoms with E-state index in [9.17, 15) is 14.8 Å². The summed E-state index contributed by atoms with van der Waals surface area (Å²) in [6.45, 7) is 0. The molecule has 0 aliphatic rings. The van der Waals surface area contributed by atoms with Crippen molar-refractivity contribution in [1.29, 1.82) is 5.26 Å². The van der Waals surface area contributed by atoms with E-state index in [0.29, 0.717) is 9.90 Å². The lowest BCUT2D eigenvalue weighted by molar-refractivity contribution is 0.421. The van der Waals surface area contributed by atoms with E-state index in [4.69, 9.17) is 0 Å². The Morgan fingerprint density at radius 2 is 1.96 bits per heavy atom. The van der Waals surface area contributed by atoms with Crippen LogP contribution in [0.1, 0.15) is 5.01 Å². The van der Waals surface area contributed by atoms with Crippen molar-refractivity contribution >= 4 is 38.9 Å². The van der Waals surface area contributed by atoms with Gasteiger partial charge in [-0.2, -0.15) is 5.26 Å². The second-order valence-corrected chi connectivity index (χ2v) is 6.69. The van der Waals surface area contributed by atoms with Crippen molar-refractivity contribution in [2.45, 2.75) is 4.90 Å². The fourth-order valence-electron chi connectivity index (χ4n) is 1.99. The summed E-state index contributed by atoms with van der Waals surface area (Å²) >= 11 is 2.49. The van der Waals surface area contributed by atoms with Crippen molar-refractivity contribution in [3.8, 4) is 6.07 Å². The molecule has 0 amide bonds. The number of para-hydroxylation sites is 1. The van der Waals surface area contributed by atoms with Gasteiger partial charge in [0.15, 0.2) is 0 Å². The molecule has 0 atom stereocenters. The average Bonchev–Trinajstić information content (AvgIpc) is 2.98. The van der Waals surface area contributed by atoms with Gasteiger partial charge in [-0.05, 0) is 24.3 Å². The molecule has 0 fully saturated rings. The van der Waals surface area contributed by atoms with E-state index in [2.05, 4.69) is 4.98 Å². The molecule has 0 saturated carbocycles. The molecule has 0 saturated heterocycles. The van der Waals surface area contributed by atoms with Gasteiger partial charge in [-0.25, -0.2) is 9.37 Å². The highest BCUT2D eigenvalue weighted by Gasteiger charge is 2.14. The summed E-state index contributed by atoms with van der Waals surface area (Å²) in [4.78, 5) is 4.80. The van der Waals surface area contributed by atoms with Gasteiger partial charge >= 0.3 is 0 Å². The molecule has 3 rings (SSSR count).